The van der Waals surface area contributed by atoms with Gasteiger partial charge < -0.3 is 9.88 Å². The number of hydrogen-bond donors (Lipinski definition) is 1. The third-order valence-electron chi connectivity index (χ3n) is 4.03. The van der Waals surface area contributed by atoms with Crippen LogP contribution in [-0.2, 0) is 11.8 Å². The molecular weight excluding hydrogens is 284 g/mol. The number of carbonyl (C=O) groups excluding carboxylic acids is 1. The Morgan fingerprint density at radius 3 is 2.81 bits per heavy atom. The molecule has 0 radical (unpaired) electrons. The number of rotatable bonds is 3. The first-order valence-electron chi connectivity index (χ1n) is 7.41. The van der Waals surface area contributed by atoms with Crippen molar-refractivity contribution in [2.75, 3.05) is 5.32 Å². The van der Waals surface area contributed by atoms with E-state index in [0.717, 1.165) is 42.1 Å². The normalized spacial score (nSPS) is 16.1. The fourth-order valence-electron chi connectivity index (χ4n) is 2.81. The zero-order valence-corrected chi connectivity index (χ0v) is 13.2. The second-order valence-electron chi connectivity index (χ2n) is 5.62. The third kappa shape index (κ3) is 3.00. The van der Waals surface area contributed by atoms with Crippen LogP contribution < -0.4 is 5.32 Å². The lowest BCUT2D eigenvalue weighted by Crippen LogP contribution is -2.24. The van der Waals surface area contributed by atoms with Crippen molar-refractivity contribution in [2.45, 2.75) is 39.0 Å². The van der Waals surface area contributed by atoms with E-state index < -0.39 is 0 Å². The molecule has 1 N–H and O–H groups in total. The number of imidazole rings is 1. The summed E-state index contributed by atoms with van der Waals surface area (Å²) in [6.45, 7) is 1.96. The lowest BCUT2D eigenvalue weighted by Gasteiger charge is -2.19. The zero-order chi connectivity index (χ0) is 14.8. The van der Waals surface area contributed by atoms with Crippen LogP contribution in [0.5, 0.6) is 0 Å². The van der Waals surface area contributed by atoms with E-state index in [-0.39, 0.29) is 11.8 Å². The molecule has 0 aromatic carbocycles. The van der Waals surface area contributed by atoms with Gasteiger partial charge in [0.15, 0.2) is 11.0 Å². The summed E-state index contributed by atoms with van der Waals surface area (Å²) < 4.78 is 1.97. The molecule has 2 aromatic heterocycles. The van der Waals surface area contributed by atoms with Gasteiger partial charge in [0.2, 0.25) is 5.91 Å². The summed E-state index contributed by atoms with van der Waals surface area (Å²) in [5.74, 6) is 1.16. The number of carbonyl (C=O) groups is 1. The maximum Gasteiger partial charge on any atom is 0.229 e. The molecule has 0 atom stereocenters. The average Bonchev–Trinajstić information content (AvgIpc) is 3.05. The van der Waals surface area contributed by atoms with Gasteiger partial charge in [-0.05, 0) is 19.8 Å². The Morgan fingerprint density at radius 1 is 1.38 bits per heavy atom. The fraction of sp³-hybridized carbons (Fsp3) is 0.533. The molecule has 1 saturated carbocycles. The third-order valence-corrected chi connectivity index (χ3v) is 5.10. The second kappa shape index (κ2) is 5.97. The highest BCUT2D eigenvalue weighted by Crippen LogP contribution is 2.32. The van der Waals surface area contributed by atoms with Gasteiger partial charge >= 0.3 is 0 Å². The number of thiazole rings is 1. The van der Waals surface area contributed by atoms with Crippen molar-refractivity contribution in [3.63, 3.8) is 0 Å². The van der Waals surface area contributed by atoms with E-state index in [2.05, 4.69) is 15.3 Å². The van der Waals surface area contributed by atoms with Crippen LogP contribution in [-0.4, -0.2) is 20.4 Å². The fourth-order valence-corrected chi connectivity index (χ4v) is 3.82. The lowest BCUT2D eigenvalue weighted by atomic mass is 9.89. The minimum atomic E-state index is 0.120. The molecule has 1 aliphatic rings. The molecule has 0 spiro atoms. The predicted octanol–water partition coefficient (Wildman–Crippen LogP) is 3.37. The standard InChI is InChI=1S/C15H20N4OS/c1-10-12(13-16-8-9-19(13)2)21-15(17-10)18-14(20)11-6-4-3-5-7-11/h8-9,11H,3-7H2,1-2H3,(H,17,18,20). The minimum Gasteiger partial charge on any atom is -0.333 e. The van der Waals surface area contributed by atoms with Crippen LogP contribution in [0.2, 0.25) is 0 Å². The van der Waals surface area contributed by atoms with Gasteiger partial charge in [0, 0.05) is 25.4 Å². The topological polar surface area (TPSA) is 59.8 Å². The Hall–Kier alpha value is -1.69. The van der Waals surface area contributed by atoms with Gasteiger partial charge in [-0.3, -0.25) is 4.79 Å². The molecule has 3 rings (SSSR count). The number of nitrogens with one attached hydrogen (secondary N) is 1. The second-order valence-corrected chi connectivity index (χ2v) is 6.62. The average molecular weight is 304 g/mol. The van der Waals surface area contributed by atoms with Crippen LogP contribution in [0.15, 0.2) is 12.4 Å². The summed E-state index contributed by atoms with van der Waals surface area (Å²) in [5.41, 5.74) is 0.910. The quantitative estimate of drug-likeness (QED) is 0.945. The predicted molar refractivity (Wildman–Crippen MR) is 84.3 cm³/mol. The molecule has 1 amide bonds. The first-order chi connectivity index (χ1) is 10.1. The van der Waals surface area contributed by atoms with E-state index in [4.69, 9.17) is 0 Å². The Labute approximate surface area is 128 Å². The van der Waals surface area contributed by atoms with Crippen molar-refractivity contribution < 1.29 is 4.79 Å². The molecule has 2 heterocycles. The van der Waals surface area contributed by atoms with Crippen molar-refractivity contribution in [2.24, 2.45) is 13.0 Å². The SMILES string of the molecule is Cc1nc(NC(=O)C2CCCCC2)sc1-c1nccn1C. The number of nitrogens with zero attached hydrogens (tertiary/aromatic N) is 3. The van der Waals surface area contributed by atoms with Crippen molar-refractivity contribution >= 4 is 22.4 Å². The van der Waals surface area contributed by atoms with E-state index in [9.17, 15) is 4.79 Å². The largest absolute Gasteiger partial charge is 0.333 e. The zero-order valence-electron chi connectivity index (χ0n) is 12.4. The molecule has 21 heavy (non-hydrogen) atoms. The van der Waals surface area contributed by atoms with Crippen LogP contribution in [0.25, 0.3) is 10.7 Å². The number of anilines is 1. The van der Waals surface area contributed by atoms with Crippen LogP contribution in [0.3, 0.4) is 0 Å². The Morgan fingerprint density at radius 2 is 2.14 bits per heavy atom. The van der Waals surface area contributed by atoms with E-state index in [0.29, 0.717) is 5.13 Å². The summed E-state index contributed by atoms with van der Waals surface area (Å²) in [6, 6.07) is 0. The highest BCUT2D eigenvalue weighted by molar-refractivity contribution is 7.19. The Bertz CT molecular complexity index is 640. The maximum atomic E-state index is 12.3. The summed E-state index contributed by atoms with van der Waals surface area (Å²) in [6.07, 6.45) is 9.26. The van der Waals surface area contributed by atoms with Crippen molar-refractivity contribution in [1.82, 2.24) is 14.5 Å². The van der Waals surface area contributed by atoms with Gasteiger partial charge in [-0.1, -0.05) is 30.6 Å². The van der Waals surface area contributed by atoms with Crippen LogP contribution >= 0.6 is 11.3 Å². The van der Waals surface area contributed by atoms with Gasteiger partial charge in [-0.15, -0.1) is 0 Å². The highest BCUT2D eigenvalue weighted by atomic mass is 32.1. The first-order valence-corrected chi connectivity index (χ1v) is 8.23. The van der Waals surface area contributed by atoms with Gasteiger partial charge in [0.05, 0.1) is 10.6 Å². The van der Waals surface area contributed by atoms with Crippen LogP contribution in [0.1, 0.15) is 37.8 Å². The van der Waals surface area contributed by atoms with E-state index in [1.54, 1.807) is 6.20 Å². The molecule has 1 fully saturated rings. The van der Waals surface area contributed by atoms with E-state index in [1.807, 2.05) is 24.7 Å². The molecule has 1 aliphatic carbocycles. The molecular formula is C15H20N4OS. The lowest BCUT2D eigenvalue weighted by molar-refractivity contribution is -0.120. The highest BCUT2D eigenvalue weighted by Gasteiger charge is 2.22. The molecule has 2 aromatic rings. The summed E-state index contributed by atoms with van der Waals surface area (Å²) in [5, 5.41) is 3.67. The maximum absolute atomic E-state index is 12.3. The number of aryl methyl sites for hydroxylation is 2. The van der Waals surface area contributed by atoms with E-state index in [1.165, 1.54) is 17.8 Å². The summed E-state index contributed by atoms with van der Waals surface area (Å²) in [7, 11) is 1.96. The minimum absolute atomic E-state index is 0.120. The van der Waals surface area contributed by atoms with Crippen LogP contribution in [0.4, 0.5) is 5.13 Å². The summed E-state index contributed by atoms with van der Waals surface area (Å²) >= 11 is 1.50. The molecule has 6 heteroatoms. The van der Waals surface area contributed by atoms with Crippen LogP contribution in [0, 0.1) is 12.8 Å². The molecule has 112 valence electrons. The van der Waals surface area contributed by atoms with Gasteiger partial charge in [-0.2, -0.15) is 0 Å². The first kappa shape index (κ1) is 14.3. The van der Waals surface area contributed by atoms with Gasteiger partial charge in [0.25, 0.3) is 0 Å². The van der Waals surface area contributed by atoms with Crippen molar-refractivity contribution in [3.8, 4) is 10.7 Å². The number of aromatic nitrogens is 3. The monoisotopic (exact) mass is 304 g/mol. The Kier molecular flexibility index (Phi) is 4.05. The van der Waals surface area contributed by atoms with E-state index >= 15 is 0 Å². The molecule has 0 aliphatic heterocycles. The molecule has 0 unspecified atom stereocenters. The molecule has 0 saturated heterocycles. The van der Waals surface area contributed by atoms with Crippen molar-refractivity contribution in [1.29, 1.82) is 0 Å². The van der Waals surface area contributed by atoms with Gasteiger partial charge in [0.1, 0.15) is 0 Å². The smallest absolute Gasteiger partial charge is 0.229 e. The van der Waals surface area contributed by atoms with Gasteiger partial charge in [-0.25, -0.2) is 9.97 Å². The Balaban J connectivity index is 1.75. The van der Waals surface area contributed by atoms with Crippen molar-refractivity contribution in [3.05, 3.63) is 18.1 Å². The molecule has 5 nitrogen and oxygen atoms in total. The molecule has 0 bridgehead atoms. The number of hydrogen-bond acceptors (Lipinski definition) is 4. The summed E-state index contributed by atoms with van der Waals surface area (Å²) in [4.78, 5) is 22.1. The number of amides is 1.